The molecule has 1 atom stereocenters. The first-order valence-electron chi connectivity index (χ1n) is 12.9. The van der Waals surface area contributed by atoms with Crippen LogP contribution in [-0.2, 0) is 0 Å². The van der Waals surface area contributed by atoms with Gasteiger partial charge in [0.15, 0.2) is 16.9 Å². The molecule has 0 N–H and O–H groups in total. The Morgan fingerprint density at radius 1 is 0.947 bits per heavy atom. The van der Waals surface area contributed by atoms with Crippen LogP contribution in [0.1, 0.15) is 65.5 Å². The van der Waals surface area contributed by atoms with Crippen molar-refractivity contribution in [3.8, 4) is 11.5 Å². The maximum atomic E-state index is 14.0. The Balaban J connectivity index is 1.74. The van der Waals surface area contributed by atoms with Gasteiger partial charge >= 0.3 is 0 Å². The van der Waals surface area contributed by atoms with E-state index in [1.54, 1.807) is 4.90 Å². The van der Waals surface area contributed by atoms with Crippen molar-refractivity contribution in [1.82, 2.24) is 0 Å². The van der Waals surface area contributed by atoms with Gasteiger partial charge in [-0.3, -0.25) is 14.5 Å². The number of rotatable bonds is 8. The van der Waals surface area contributed by atoms with Crippen molar-refractivity contribution < 1.29 is 18.7 Å². The van der Waals surface area contributed by atoms with Gasteiger partial charge in [-0.1, -0.05) is 41.4 Å². The molecule has 0 radical (unpaired) electrons. The van der Waals surface area contributed by atoms with Crippen LogP contribution in [0, 0.1) is 13.8 Å². The predicted octanol–water partition coefficient (Wildman–Crippen LogP) is 7.50. The van der Waals surface area contributed by atoms with E-state index in [4.69, 9.17) is 13.9 Å². The average Bonchev–Trinajstić information content (AvgIpc) is 3.19. The molecule has 0 saturated heterocycles. The number of ether oxygens (including phenoxy) is 2. The van der Waals surface area contributed by atoms with E-state index < -0.39 is 6.04 Å². The zero-order valence-electron chi connectivity index (χ0n) is 22.0. The van der Waals surface area contributed by atoms with Crippen molar-refractivity contribution in [2.75, 3.05) is 18.1 Å². The quantitative estimate of drug-likeness (QED) is 0.203. The van der Waals surface area contributed by atoms with E-state index in [1.165, 1.54) is 0 Å². The Morgan fingerprint density at radius 2 is 1.74 bits per heavy atom. The average molecular weight is 576 g/mol. The number of benzene rings is 3. The molecule has 0 fully saturated rings. The molecule has 1 amide bonds. The number of fused-ring (bicyclic) bond motifs is 2. The summed E-state index contributed by atoms with van der Waals surface area (Å²) in [5.41, 5.74) is 3.90. The largest absolute Gasteiger partial charge is 0.490 e. The molecule has 1 aliphatic rings. The Morgan fingerprint density at radius 3 is 2.47 bits per heavy atom. The lowest BCUT2D eigenvalue weighted by molar-refractivity contribution is 0.0971. The summed E-state index contributed by atoms with van der Waals surface area (Å²) in [6.45, 7) is 8.98. The monoisotopic (exact) mass is 575 g/mol. The molecule has 0 bridgehead atoms. The number of halogens is 1. The Kier molecular flexibility index (Phi) is 7.30. The van der Waals surface area contributed by atoms with Crippen molar-refractivity contribution >= 4 is 38.5 Å². The van der Waals surface area contributed by atoms with Gasteiger partial charge < -0.3 is 13.9 Å². The number of anilines is 1. The summed E-state index contributed by atoms with van der Waals surface area (Å²) < 4.78 is 18.9. The number of hydrogen-bond acceptors (Lipinski definition) is 5. The number of carbonyl (C=O) groups is 1. The molecule has 7 heteroatoms. The van der Waals surface area contributed by atoms with Crippen molar-refractivity contribution in [3.63, 3.8) is 0 Å². The first kappa shape index (κ1) is 26.0. The van der Waals surface area contributed by atoms with Gasteiger partial charge in [0.1, 0.15) is 5.58 Å². The summed E-state index contributed by atoms with van der Waals surface area (Å²) in [7, 11) is 0. The van der Waals surface area contributed by atoms with Crippen LogP contribution in [0.4, 0.5) is 5.69 Å². The molecular weight excluding hydrogens is 546 g/mol. The highest BCUT2D eigenvalue weighted by Crippen LogP contribution is 2.44. The first-order chi connectivity index (χ1) is 18.3. The second-order valence-corrected chi connectivity index (χ2v) is 10.4. The molecule has 1 aliphatic heterocycles. The van der Waals surface area contributed by atoms with Gasteiger partial charge in [-0.2, -0.15) is 0 Å². The summed E-state index contributed by atoms with van der Waals surface area (Å²) >= 11 is 3.52. The fourth-order valence-corrected chi connectivity index (χ4v) is 5.23. The lowest BCUT2D eigenvalue weighted by Crippen LogP contribution is -2.29. The van der Waals surface area contributed by atoms with Crippen LogP contribution in [0.5, 0.6) is 11.5 Å². The molecule has 1 aromatic heterocycles. The van der Waals surface area contributed by atoms with E-state index in [0.717, 1.165) is 34.0 Å². The minimum Gasteiger partial charge on any atom is -0.490 e. The van der Waals surface area contributed by atoms with Crippen LogP contribution in [0.3, 0.4) is 0 Å². The van der Waals surface area contributed by atoms with Crippen LogP contribution in [0.2, 0.25) is 0 Å². The highest BCUT2D eigenvalue weighted by molar-refractivity contribution is 9.10. The Labute approximate surface area is 230 Å². The summed E-state index contributed by atoms with van der Waals surface area (Å²) in [5, 5.41) is 0.463. The van der Waals surface area contributed by atoms with Crippen molar-refractivity contribution in [1.29, 1.82) is 0 Å². The normalized spacial score (nSPS) is 14.7. The SMILES string of the molecule is CCCCOc1ccc(C2c3c(oc4cc(C)c(C)cc4c3=O)C(=O)N2c2cccc(Br)c2)cc1OCC. The Bertz CT molecular complexity index is 1590. The summed E-state index contributed by atoms with van der Waals surface area (Å²) in [6, 6.07) is 16.1. The topological polar surface area (TPSA) is 69.0 Å². The highest BCUT2D eigenvalue weighted by atomic mass is 79.9. The van der Waals surface area contributed by atoms with E-state index in [-0.39, 0.29) is 17.1 Å². The third-order valence-corrected chi connectivity index (χ3v) is 7.40. The first-order valence-corrected chi connectivity index (χ1v) is 13.7. The molecule has 1 unspecified atom stereocenters. The molecule has 0 aliphatic carbocycles. The molecule has 0 spiro atoms. The number of nitrogens with zero attached hydrogens (tertiary/aromatic N) is 1. The fraction of sp³-hybridized carbons (Fsp3) is 0.290. The van der Waals surface area contributed by atoms with Crippen LogP contribution >= 0.6 is 15.9 Å². The molecule has 6 nitrogen and oxygen atoms in total. The molecule has 0 saturated carbocycles. The summed E-state index contributed by atoms with van der Waals surface area (Å²) in [6.07, 6.45) is 1.95. The highest BCUT2D eigenvalue weighted by Gasteiger charge is 2.44. The molecule has 3 aromatic carbocycles. The van der Waals surface area contributed by atoms with E-state index in [2.05, 4.69) is 22.9 Å². The molecule has 5 rings (SSSR count). The third kappa shape index (κ3) is 4.60. The van der Waals surface area contributed by atoms with Gasteiger partial charge in [-0.25, -0.2) is 0 Å². The van der Waals surface area contributed by atoms with Gasteiger partial charge in [0, 0.05) is 10.2 Å². The second kappa shape index (κ2) is 10.7. The van der Waals surface area contributed by atoms with Gasteiger partial charge in [-0.05, 0) is 86.3 Å². The number of unbranched alkanes of at least 4 members (excludes halogenated alkanes) is 1. The molecular formula is C31H30BrNO5. The van der Waals surface area contributed by atoms with Gasteiger partial charge in [-0.15, -0.1) is 0 Å². The summed E-state index contributed by atoms with van der Waals surface area (Å²) in [4.78, 5) is 29.5. The lowest BCUT2D eigenvalue weighted by atomic mass is 9.97. The van der Waals surface area contributed by atoms with Crippen molar-refractivity contribution in [2.24, 2.45) is 0 Å². The molecule has 2 heterocycles. The lowest BCUT2D eigenvalue weighted by Gasteiger charge is -2.26. The van der Waals surface area contributed by atoms with E-state index in [0.29, 0.717) is 46.9 Å². The minimum atomic E-state index is -0.696. The van der Waals surface area contributed by atoms with E-state index in [9.17, 15) is 9.59 Å². The van der Waals surface area contributed by atoms with Crippen LogP contribution in [0.25, 0.3) is 11.0 Å². The van der Waals surface area contributed by atoms with Crippen LogP contribution in [0.15, 0.2) is 68.3 Å². The number of aryl methyl sites for hydroxylation is 2. The van der Waals surface area contributed by atoms with E-state index in [1.807, 2.05) is 75.4 Å². The van der Waals surface area contributed by atoms with E-state index >= 15 is 0 Å². The third-order valence-electron chi connectivity index (χ3n) is 6.91. The van der Waals surface area contributed by atoms with Crippen molar-refractivity contribution in [2.45, 2.75) is 46.6 Å². The maximum Gasteiger partial charge on any atom is 0.295 e. The predicted molar refractivity (Wildman–Crippen MR) is 153 cm³/mol. The zero-order valence-corrected chi connectivity index (χ0v) is 23.6. The molecule has 38 heavy (non-hydrogen) atoms. The van der Waals surface area contributed by atoms with Crippen LogP contribution < -0.4 is 19.8 Å². The molecule has 196 valence electrons. The number of hydrogen-bond donors (Lipinski definition) is 0. The number of carbonyl (C=O) groups excluding carboxylic acids is 1. The van der Waals surface area contributed by atoms with Gasteiger partial charge in [0.25, 0.3) is 5.91 Å². The maximum absolute atomic E-state index is 14.0. The Hall–Kier alpha value is -3.58. The van der Waals surface area contributed by atoms with Crippen molar-refractivity contribution in [3.05, 3.63) is 97.3 Å². The molecule has 4 aromatic rings. The second-order valence-electron chi connectivity index (χ2n) is 9.51. The standard InChI is InChI=1S/C31H30BrNO5/c1-5-7-13-37-24-12-11-20(16-26(24)36-6-2)28-27-29(34)23-14-18(3)19(4)15-25(23)38-30(27)31(35)33(28)22-10-8-9-21(32)17-22/h8-12,14-17,28H,5-7,13H2,1-4H3. The smallest absolute Gasteiger partial charge is 0.295 e. The minimum absolute atomic E-state index is 0.0666. The zero-order chi connectivity index (χ0) is 27.0. The fourth-order valence-electron chi connectivity index (χ4n) is 4.84. The van der Waals surface area contributed by atoms with Crippen LogP contribution in [-0.4, -0.2) is 19.1 Å². The summed E-state index contributed by atoms with van der Waals surface area (Å²) in [5.74, 6) is 0.922. The van der Waals surface area contributed by atoms with Gasteiger partial charge in [0.05, 0.1) is 30.2 Å². The number of amides is 1. The van der Waals surface area contributed by atoms with Gasteiger partial charge in [0.2, 0.25) is 5.76 Å².